The van der Waals surface area contributed by atoms with Gasteiger partial charge < -0.3 is 5.32 Å². The maximum atomic E-state index is 11.1. The van der Waals surface area contributed by atoms with Gasteiger partial charge in [0.25, 0.3) is 0 Å². The second-order valence-corrected chi connectivity index (χ2v) is 3.56. The van der Waals surface area contributed by atoms with Crippen LogP contribution in [0, 0.1) is 0 Å². The molecule has 0 aliphatic carbocycles. The van der Waals surface area contributed by atoms with Crippen LogP contribution in [-0.4, -0.2) is 5.91 Å². The van der Waals surface area contributed by atoms with Gasteiger partial charge in [-0.15, -0.1) is 0 Å². The normalized spacial score (nSPS) is 15.9. The fourth-order valence-corrected chi connectivity index (χ4v) is 1.86. The van der Waals surface area contributed by atoms with Crippen molar-refractivity contribution in [2.45, 2.75) is 19.4 Å². The quantitative estimate of drug-likeness (QED) is 0.673. The molecule has 0 spiro atoms. The molecule has 1 N–H and O–H groups in total. The molecule has 0 aromatic heterocycles. The van der Waals surface area contributed by atoms with Crippen molar-refractivity contribution in [1.82, 2.24) is 5.32 Å². The average Bonchev–Trinajstić information content (AvgIpc) is 2.30. The highest BCUT2D eigenvalue weighted by molar-refractivity contribution is 6.31. The highest BCUT2D eigenvalue weighted by Gasteiger charge is 2.13. The van der Waals surface area contributed by atoms with Crippen LogP contribution in [0.15, 0.2) is 18.2 Å². The molecule has 0 fully saturated rings. The molecule has 0 unspecified atom stereocenters. The molecule has 0 atom stereocenters. The molecule has 68 valence electrons. The molecule has 1 heterocycles. The van der Waals surface area contributed by atoms with Gasteiger partial charge in [-0.25, -0.2) is 0 Å². The molecule has 0 radical (unpaired) electrons. The predicted molar refractivity (Wildman–Crippen MR) is 51.6 cm³/mol. The van der Waals surface area contributed by atoms with Gasteiger partial charge in [0.05, 0.1) is 0 Å². The zero-order valence-corrected chi connectivity index (χ0v) is 7.90. The van der Waals surface area contributed by atoms with Gasteiger partial charge in [0.1, 0.15) is 0 Å². The number of hydrogen-bond acceptors (Lipinski definition) is 1. The third-order valence-electron chi connectivity index (χ3n) is 2.29. The molecule has 0 saturated carbocycles. The summed E-state index contributed by atoms with van der Waals surface area (Å²) >= 11 is 6.02. The molecule has 1 amide bonds. The van der Waals surface area contributed by atoms with Crippen LogP contribution in [0.1, 0.15) is 17.5 Å². The van der Waals surface area contributed by atoms with E-state index in [0.29, 0.717) is 13.0 Å². The van der Waals surface area contributed by atoms with Crippen LogP contribution in [0.5, 0.6) is 0 Å². The lowest BCUT2D eigenvalue weighted by Gasteiger charge is -2.05. The van der Waals surface area contributed by atoms with Crippen LogP contribution in [0.2, 0.25) is 5.02 Å². The number of carbonyl (C=O) groups is 1. The van der Waals surface area contributed by atoms with Gasteiger partial charge in [0.2, 0.25) is 5.91 Å². The SMILES string of the molecule is O=C1CCc2c(Cl)cccc2CN1. The second kappa shape index (κ2) is 3.38. The highest BCUT2D eigenvalue weighted by atomic mass is 35.5. The van der Waals surface area contributed by atoms with Crippen molar-refractivity contribution >= 4 is 17.5 Å². The first kappa shape index (κ1) is 8.57. The Bertz CT molecular complexity index is 349. The first-order chi connectivity index (χ1) is 6.27. The van der Waals surface area contributed by atoms with Gasteiger partial charge in [-0.3, -0.25) is 4.79 Å². The van der Waals surface area contributed by atoms with E-state index in [9.17, 15) is 4.79 Å². The smallest absolute Gasteiger partial charge is 0.220 e. The van der Waals surface area contributed by atoms with E-state index >= 15 is 0 Å². The lowest BCUT2D eigenvalue weighted by atomic mass is 10.0. The third kappa shape index (κ3) is 1.68. The van der Waals surface area contributed by atoms with Crippen molar-refractivity contribution in [3.8, 4) is 0 Å². The van der Waals surface area contributed by atoms with Gasteiger partial charge in [0.15, 0.2) is 0 Å². The minimum absolute atomic E-state index is 0.104. The summed E-state index contributed by atoms with van der Waals surface area (Å²) in [6.45, 7) is 0.606. The summed E-state index contributed by atoms with van der Waals surface area (Å²) in [6.07, 6.45) is 1.29. The highest BCUT2D eigenvalue weighted by Crippen LogP contribution is 2.23. The number of carbonyl (C=O) groups excluding carboxylic acids is 1. The van der Waals surface area contributed by atoms with Crippen LogP contribution in [0.4, 0.5) is 0 Å². The van der Waals surface area contributed by atoms with Crippen molar-refractivity contribution < 1.29 is 4.79 Å². The zero-order chi connectivity index (χ0) is 9.26. The Morgan fingerprint density at radius 1 is 1.31 bits per heavy atom. The van der Waals surface area contributed by atoms with Crippen molar-refractivity contribution in [2.75, 3.05) is 0 Å². The summed E-state index contributed by atoms with van der Waals surface area (Å²) in [4.78, 5) is 11.1. The van der Waals surface area contributed by atoms with E-state index in [0.717, 1.165) is 22.6 Å². The van der Waals surface area contributed by atoms with Crippen LogP contribution in [0.25, 0.3) is 0 Å². The van der Waals surface area contributed by atoms with E-state index in [2.05, 4.69) is 5.32 Å². The molecule has 0 bridgehead atoms. The summed E-state index contributed by atoms with van der Waals surface area (Å²) in [5, 5.41) is 3.60. The van der Waals surface area contributed by atoms with E-state index in [1.807, 2.05) is 18.2 Å². The van der Waals surface area contributed by atoms with E-state index < -0.39 is 0 Å². The Morgan fingerprint density at radius 3 is 3.00 bits per heavy atom. The van der Waals surface area contributed by atoms with Crippen molar-refractivity contribution in [3.63, 3.8) is 0 Å². The topological polar surface area (TPSA) is 29.1 Å². The number of amides is 1. The third-order valence-corrected chi connectivity index (χ3v) is 2.65. The predicted octanol–water partition coefficient (Wildman–Crippen LogP) is 1.90. The lowest BCUT2D eigenvalue weighted by Crippen LogP contribution is -2.20. The van der Waals surface area contributed by atoms with Crippen LogP contribution in [0.3, 0.4) is 0 Å². The van der Waals surface area contributed by atoms with Crippen LogP contribution in [-0.2, 0) is 17.8 Å². The van der Waals surface area contributed by atoms with Gasteiger partial charge in [0, 0.05) is 18.0 Å². The molecule has 2 rings (SSSR count). The van der Waals surface area contributed by atoms with Gasteiger partial charge in [-0.2, -0.15) is 0 Å². The zero-order valence-electron chi connectivity index (χ0n) is 7.14. The number of benzene rings is 1. The van der Waals surface area contributed by atoms with Gasteiger partial charge in [-0.05, 0) is 23.6 Å². The fourth-order valence-electron chi connectivity index (χ4n) is 1.57. The monoisotopic (exact) mass is 195 g/mol. The van der Waals surface area contributed by atoms with E-state index in [1.54, 1.807) is 0 Å². The van der Waals surface area contributed by atoms with Gasteiger partial charge >= 0.3 is 0 Å². The number of rotatable bonds is 0. The minimum Gasteiger partial charge on any atom is -0.352 e. The Kier molecular flexibility index (Phi) is 2.23. The first-order valence-electron chi connectivity index (χ1n) is 4.30. The molecule has 1 aliphatic heterocycles. The number of nitrogens with one attached hydrogen (secondary N) is 1. The standard InChI is InChI=1S/C10H10ClNO/c11-9-3-1-2-7-6-12-10(13)5-4-8(7)9/h1-3H,4-6H2,(H,12,13). The molecule has 3 heteroatoms. The second-order valence-electron chi connectivity index (χ2n) is 3.15. The van der Waals surface area contributed by atoms with E-state index in [1.165, 1.54) is 0 Å². The molecule has 0 saturated heterocycles. The summed E-state index contributed by atoms with van der Waals surface area (Å²) in [5.74, 6) is 0.104. The largest absolute Gasteiger partial charge is 0.352 e. The Labute approximate surface area is 81.9 Å². The van der Waals surface area contributed by atoms with Crippen molar-refractivity contribution in [2.24, 2.45) is 0 Å². The maximum absolute atomic E-state index is 11.1. The Morgan fingerprint density at radius 2 is 2.15 bits per heavy atom. The Balaban J connectivity index is 2.40. The fraction of sp³-hybridized carbons (Fsp3) is 0.300. The van der Waals surface area contributed by atoms with Crippen molar-refractivity contribution in [3.05, 3.63) is 34.3 Å². The number of hydrogen-bond donors (Lipinski definition) is 1. The molecule has 13 heavy (non-hydrogen) atoms. The minimum atomic E-state index is 0.104. The average molecular weight is 196 g/mol. The van der Waals surface area contributed by atoms with Crippen LogP contribution < -0.4 is 5.32 Å². The molecule has 1 aromatic carbocycles. The maximum Gasteiger partial charge on any atom is 0.220 e. The summed E-state index contributed by atoms with van der Waals surface area (Å²) in [5.41, 5.74) is 2.25. The number of fused-ring (bicyclic) bond motifs is 1. The summed E-state index contributed by atoms with van der Waals surface area (Å²) < 4.78 is 0. The summed E-state index contributed by atoms with van der Waals surface area (Å²) in [7, 11) is 0. The molecular formula is C10H10ClNO. The van der Waals surface area contributed by atoms with Crippen LogP contribution >= 0.6 is 11.6 Å². The molecule has 1 aliphatic rings. The van der Waals surface area contributed by atoms with E-state index in [4.69, 9.17) is 11.6 Å². The van der Waals surface area contributed by atoms with E-state index in [-0.39, 0.29) is 5.91 Å². The van der Waals surface area contributed by atoms with Crippen molar-refractivity contribution in [1.29, 1.82) is 0 Å². The van der Waals surface area contributed by atoms with Gasteiger partial charge in [-0.1, -0.05) is 23.7 Å². The molecule has 1 aromatic rings. The number of halogens is 1. The first-order valence-corrected chi connectivity index (χ1v) is 4.68. The summed E-state index contributed by atoms with van der Waals surface area (Å²) in [6, 6.07) is 5.79. The lowest BCUT2D eigenvalue weighted by molar-refractivity contribution is -0.121. The molecular weight excluding hydrogens is 186 g/mol. The molecule has 2 nitrogen and oxygen atoms in total. The Hall–Kier alpha value is -1.02.